The van der Waals surface area contributed by atoms with Gasteiger partial charge in [-0.1, -0.05) is 48.0 Å². The van der Waals surface area contributed by atoms with Crippen LogP contribution in [0.25, 0.3) is 0 Å². The van der Waals surface area contributed by atoms with E-state index in [9.17, 15) is 4.79 Å². The first-order valence-corrected chi connectivity index (χ1v) is 7.83. The molecule has 0 bridgehead atoms. The third kappa shape index (κ3) is 4.01. The maximum Gasteiger partial charge on any atom is 0.258 e. The summed E-state index contributed by atoms with van der Waals surface area (Å²) in [6.45, 7) is -0.00358. The van der Waals surface area contributed by atoms with Crippen molar-refractivity contribution in [2.24, 2.45) is 5.92 Å². The highest BCUT2D eigenvalue weighted by Crippen LogP contribution is 2.40. The van der Waals surface area contributed by atoms with Crippen molar-refractivity contribution in [2.75, 3.05) is 6.61 Å². The molecule has 4 heteroatoms. The second kappa shape index (κ2) is 6.84. The van der Waals surface area contributed by atoms with Gasteiger partial charge in [-0.05, 0) is 42.5 Å². The molecule has 1 unspecified atom stereocenters. The van der Waals surface area contributed by atoms with E-state index in [1.165, 1.54) is 0 Å². The van der Waals surface area contributed by atoms with Gasteiger partial charge < -0.3 is 10.1 Å². The Labute approximate surface area is 135 Å². The Morgan fingerprint density at radius 2 is 1.95 bits per heavy atom. The van der Waals surface area contributed by atoms with Gasteiger partial charge in [0, 0.05) is 5.02 Å². The molecule has 0 aliphatic heterocycles. The summed E-state index contributed by atoms with van der Waals surface area (Å²) in [5.74, 6) is 1.03. The lowest BCUT2D eigenvalue weighted by Crippen LogP contribution is -2.33. The highest BCUT2D eigenvalue weighted by Gasteiger charge is 2.33. The summed E-state index contributed by atoms with van der Waals surface area (Å²) in [7, 11) is 0. The van der Waals surface area contributed by atoms with E-state index in [2.05, 4.69) is 17.4 Å². The molecule has 0 radical (unpaired) electrons. The minimum atomic E-state index is -0.110. The zero-order chi connectivity index (χ0) is 15.4. The summed E-state index contributed by atoms with van der Waals surface area (Å²) in [5, 5.41) is 3.68. The van der Waals surface area contributed by atoms with Gasteiger partial charge in [0.05, 0.1) is 6.04 Å². The van der Waals surface area contributed by atoms with E-state index in [4.69, 9.17) is 16.3 Å². The van der Waals surface area contributed by atoms with Gasteiger partial charge in [0.1, 0.15) is 5.75 Å². The lowest BCUT2D eigenvalue weighted by molar-refractivity contribution is -0.124. The minimum absolute atomic E-state index is 0.00358. The predicted molar refractivity (Wildman–Crippen MR) is 87.0 cm³/mol. The van der Waals surface area contributed by atoms with Crippen molar-refractivity contribution < 1.29 is 9.53 Å². The molecule has 0 aromatic heterocycles. The van der Waals surface area contributed by atoms with Gasteiger partial charge in [-0.2, -0.15) is 0 Å². The fourth-order valence-electron chi connectivity index (χ4n) is 2.48. The van der Waals surface area contributed by atoms with Crippen LogP contribution in [0.3, 0.4) is 0 Å². The van der Waals surface area contributed by atoms with Gasteiger partial charge in [0.2, 0.25) is 0 Å². The lowest BCUT2D eigenvalue weighted by atomic mass is 10.0. The van der Waals surface area contributed by atoms with Crippen molar-refractivity contribution >= 4 is 17.5 Å². The molecule has 0 saturated heterocycles. The zero-order valence-corrected chi connectivity index (χ0v) is 12.9. The van der Waals surface area contributed by atoms with Gasteiger partial charge in [0.25, 0.3) is 5.91 Å². The monoisotopic (exact) mass is 315 g/mol. The smallest absolute Gasteiger partial charge is 0.258 e. The molecular formula is C18H18ClNO2. The second-order valence-electron chi connectivity index (χ2n) is 5.54. The number of benzene rings is 2. The molecule has 1 saturated carbocycles. The molecule has 1 aliphatic carbocycles. The summed E-state index contributed by atoms with van der Waals surface area (Å²) in [5.41, 5.74) is 1.15. The normalized spacial score (nSPS) is 15.1. The summed E-state index contributed by atoms with van der Waals surface area (Å²) in [6, 6.07) is 17.2. The molecule has 0 heterocycles. The maximum atomic E-state index is 12.1. The van der Waals surface area contributed by atoms with E-state index in [1.807, 2.05) is 18.2 Å². The van der Waals surface area contributed by atoms with Gasteiger partial charge in [-0.25, -0.2) is 0 Å². The number of ether oxygens (including phenoxy) is 1. The van der Waals surface area contributed by atoms with Crippen LogP contribution >= 0.6 is 11.6 Å². The average Bonchev–Trinajstić information content (AvgIpc) is 3.36. The van der Waals surface area contributed by atoms with Crippen molar-refractivity contribution in [3.8, 4) is 5.75 Å². The van der Waals surface area contributed by atoms with Gasteiger partial charge >= 0.3 is 0 Å². The van der Waals surface area contributed by atoms with E-state index < -0.39 is 0 Å². The number of nitrogens with one attached hydrogen (secondary N) is 1. The van der Waals surface area contributed by atoms with E-state index >= 15 is 0 Å². The van der Waals surface area contributed by atoms with Gasteiger partial charge in [-0.15, -0.1) is 0 Å². The topological polar surface area (TPSA) is 38.3 Å². The third-order valence-electron chi connectivity index (χ3n) is 3.73. The first-order chi connectivity index (χ1) is 10.7. The standard InChI is InChI=1S/C18H18ClNO2/c19-15-7-4-8-16(11-15)22-12-17(21)20-18(14-9-10-14)13-5-2-1-3-6-13/h1-8,11,14,18H,9-10,12H2,(H,20,21). The molecule has 114 valence electrons. The second-order valence-corrected chi connectivity index (χ2v) is 5.98. The van der Waals surface area contributed by atoms with E-state index in [-0.39, 0.29) is 18.6 Å². The number of rotatable bonds is 6. The number of halogens is 1. The first kappa shape index (κ1) is 14.9. The summed E-state index contributed by atoms with van der Waals surface area (Å²) in [6.07, 6.45) is 2.32. The molecule has 0 spiro atoms. The van der Waals surface area contributed by atoms with Crippen LogP contribution < -0.4 is 10.1 Å². The van der Waals surface area contributed by atoms with E-state index in [0.29, 0.717) is 16.7 Å². The third-order valence-corrected chi connectivity index (χ3v) is 3.97. The van der Waals surface area contributed by atoms with Crippen LogP contribution in [-0.2, 0) is 4.79 Å². The van der Waals surface area contributed by atoms with Crippen molar-refractivity contribution in [1.29, 1.82) is 0 Å². The molecule has 22 heavy (non-hydrogen) atoms. The predicted octanol–water partition coefficient (Wildman–Crippen LogP) is 3.99. The largest absolute Gasteiger partial charge is 0.484 e. The molecule has 2 aromatic carbocycles. The van der Waals surface area contributed by atoms with Crippen LogP contribution in [0.5, 0.6) is 5.75 Å². The Morgan fingerprint density at radius 1 is 1.18 bits per heavy atom. The van der Waals surface area contributed by atoms with Crippen LogP contribution in [0.15, 0.2) is 54.6 Å². The number of hydrogen-bond acceptors (Lipinski definition) is 2. The minimum Gasteiger partial charge on any atom is -0.484 e. The molecule has 1 fully saturated rings. The summed E-state index contributed by atoms with van der Waals surface area (Å²) >= 11 is 5.89. The first-order valence-electron chi connectivity index (χ1n) is 7.45. The number of amides is 1. The molecule has 1 atom stereocenters. The van der Waals surface area contributed by atoms with E-state index in [1.54, 1.807) is 24.3 Å². The molecular weight excluding hydrogens is 298 g/mol. The SMILES string of the molecule is O=C(COc1cccc(Cl)c1)NC(c1ccccc1)C1CC1. The summed E-state index contributed by atoms with van der Waals surface area (Å²) in [4.78, 5) is 12.1. The van der Waals surface area contributed by atoms with Crippen molar-refractivity contribution in [1.82, 2.24) is 5.32 Å². The Kier molecular flexibility index (Phi) is 4.64. The molecule has 3 nitrogen and oxygen atoms in total. The fourth-order valence-corrected chi connectivity index (χ4v) is 2.66. The van der Waals surface area contributed by atoms with E-state index in [0.717, 1.165) is 18.4 Å². The highest BCUT2D eigenvalue weighted by atomic mass is 35.5. The number of hydrogen-bond donors (Lipinski definition) is 1. The number of carbonyl (C=O) groups is 1. The Morgan fingerprint density at radius 3 is 2.64 bits per heavy atom. The van der Waals surface area contributed by atoms with Crippen LogP contribution in [0, 0.1) is 5.92 Å². The quantitative estimate of drug-likeness (QED) is 0.875. The van der Waals surface area contributed by atoms with Crippen LogP contribution in [-0.4, -0.2) is 12.5 Å². The van der Waals surface area contributed by atoms with Crippen LogP contribution in [0.4, 0.5) is 0 Å². The molecule has 1 amide bonds. The number of carbonyl (C=O) groups excluding carboxylic acids is 1. The zero-order valence-electron chi connectivity index (χ0n) is 12.2. The molecule has 2 aromatic rings. The Hall–Kier alpha value is -2.00. The lowest BCUT2D eigenvalue weighted by Gasteiger charge is -2.19. The highest BCUT2D eigenvalue weighted by molar-refractivity contribution is 6.30. The molecule has 1 aliphatic rings. The van der Waals surface area contributed by atoms with Crippen molar-refractivity contribution in [3.63, 3.8) is 0 Å². The van der Waals surface area contributed by atoms with Gasteiger partial charge in [0.15, 0.2) is 6.61 Å². The Bertz CT molecular complexity index is 641. The van der Waals surface area contributed by atoms with Crippen LogP contribution in [0.2, 0.25) is 5.02 Å². The Balaban J connectivity index is 1.58. The maximum absolute atomic E-state index is 12.1. The summed E-state index contributed by atoms with van der Waals surface area (Å²) < 4.78 is 5.49. The van der Waals surface area contributed by atoms with Crippen molar-refractivity contribution in [2.45, 2.75) is 18.9 Å². The van der Waals surface area contributed by atoms with Crippen LogP contribution in [0.1, 0.15) is 24.4 Å². The van der Waals surface area contributed by atoms with Gasteiger partial charge in [-0.3, -0.25) is 4.79 Å². The fraction of sp³-hybridized carbons (Fsp3) is 0.278. The molecule has 3 rings (SSSR count). The molecule has 1 N–H and O–H groups in total. The van der Waals surface area contributed by atoms with Crippen molar-refractivity contribution in [3.05, 3.63) is 65.2 Å². The average molecular weight is 316 g/mol.